The van der Waals surface area contributed by atoms with Gasteiger partial charge in [0.15, 0.2) is 0 Å². The zero-order chi connectivity index (χ0) is 81.4. The molecular weight excluding hydrogens is 1300 g/mol. The van der Waals surface area contributed by atoms with Gasteiger partial charge in [-0.05, 0) is 108 Å². The maximum Gasteiger partial charge on any atom is 0.255 e. The summed E-state index contributed by atoms with van der Waals surface area (Å²) in [6, 6.07) is 18.4. The number of morpholine rings is 3. The molecule has 3 N–H and O–H groups in total. The topological polar surface area (TPSA) is 265 Å². The number of benzene rings is 6. The number of ether oxygens (including phenoxy) is 6. The average Bonchev–Trinajstić information content (AvgIpc) is 1.59. The van der Waals surface area contributed by atoms with Crippen LogP contribution in [0.4, 0.5) is 0 Å². The number of piperidine rings is 3. The smallest absolute Gasteiger partial charge is 0.255 e. The summed E-state index contributed by atoms with van der Waals surface area (Å²) in [5, 5.41) is 8.10. The van der Waals surface area contributed by atoms with Gasteiger partial charge in [-0.15, -0.1) is 0 Å². The number of rotatable bonds is 18. The highest BCUT2D eigenvalue weighted by molar-refractivity contribution is 6.04. The lowest BCUT2D eigenvalue weighted by atomic mass is 10.0. The van der Waals surface area contributed by atoms with E-state index in [4.69, 9.17) is 44.9 Å². The molecule has 102 heavy (non-hydrogen) atoms. The fraction of sp³-hybridized carbons (Fsp3) is 0.346. The van der Waals surface area contributed by atoms with Crippen LogP contribution in [0.15, 0.2) is 164 Å². The number of hydrogen-bond donors (Lipinski definition) is 3. The molecule has 6 aromatic carbocycles. The summed E-state index contributed by atoms with van der Waals surface area (Å²) in [6.07, 6.45) is 3.11. The van der Waals surface area contributed by atoms with Crippen LogP contribution in [0.3, 0.4) is 0 Å². The van der Waals surface area contributed by atoms with Crippen LogP contribution in [0.2, 0.25) is 0 Å². The normalized spacial score (nSPS) is 23.6. The van der Waals surface area contributed by atoms with E-state index in [9.17, 15) is 43.2 Å². The molecular formula is C78H81N9O15. The summed E-state index contributed by atoms with van der Waals surface area (Å²) in [6.45, 7) is 6.70. The standard InChI is InChI=1S/3C26H27N3O5/c3*1-17-5-10-22(25(31)27-17)29-14-21-20(26(29)32)3-2-4-23(21)34-15-19-8-6-18(7-9-19)13-28-11-12-33-16-24(28)30/h3*2-4,6-9,22H,1,5,10-16H2,(H,27,31)/i6D,9D,13D,15D;6D,8D,13D,15D;6D,8D,9D,15D. The first-order valence-electron chi connectivity index (χ1n) is 39.6. The molecule has 24 nitrogen and oxygen atoms in total. The summed E-state index contributed by atoms with van der Waals surface area (Å²) in [7, 11) is 0. The van der Waals surface area contributed by atoms with Gasteiger partial charge in [-0.25, -0.2) is 0 Å². The van der Waals surface area contributed by atoms with Gasteiger partial charge in [0.05, 0.1) is 55.9 Å². The van der Waals surface area contributed by atoms with Crippen molar-refractivity contribution in [2.75, 3.05) is 59.3 Å². The number of hydrogen-bond acceptors (Lipinski definition) is 15. The maximum absolute atomic E-state index is 13.1. The molecule has 24 heteroatoms. The molecule has 0 radical (unpaired) electrons. The molecule has 6 fully saturated rings. The van der Waals surface area contributed by atoms with Crippen LogP contribution < -0.4 is 30.2 Å². The second kappa shape index (κ2) is 31.3. The quantitative estimate of drug-likeness (QED) is 0.0774. The summed E-state index contributed by atoms with van der Waals surface area (Å²) < 4.78 is 135. The van der Waals surface area contributed by atoms with Gasteiger partial charge in [0.2, 0.25) is 35.4 Å². The molecule has 9 amide bonds. The molecule has 9 heterocycles. The van der Waals surface area contributed by atoms with Crippen molar-refractivity contribution in [3.63, 3.8) is 0 Å². The van der Waals surface area contributed by atoms with Crippen molar-refractivity contribution in [2.24, 2.45) is 0 Å². The summed E-state index contributed by atoms with van der Waals surface area (Å²) in [5.41, 5.74) is 5.47. The zero-order valence-electron chi connectivity index (χ0n) is 67.6. The lowest BCUT2D eigenvalue weighted by Gasteiger charge is -2.31. The average molecular weight is 1400 g/mol. The molecule has 0 spiro atoms. The fourth-order valence-electron chi connectivity index (χ4n) is 12.8. The Kier molecular flexibility index (Phi) is 17.1. The van der Waals surface area contributed by atoms with Crippen LogP contribution in [-0.4, -0.2) is 160 Å². The first-order valence-corrected chi connectivity index (χ1v) is 33.2. The third kappa shape index (κ3) is 15.9. The monoisotopic (exact) mass is 1400 g/mol. The lowest BCUT2D eigenvalue weighted by Crippen LogP contribution is -2.49. The molecule has 0 aliphatic carbocycles. The Morgan fingerprint density at radius 1 is 0.412 bits per heavy atom. The molecule has 15 rings (SSSR count). The van der Waals surface area contributed by atoms with E-state index in [1.807, 2.05) is 0 Å². The van der Waals surface area contributed by atoms with Gasteiger partial charge in [-0.1, -0.05) is 111 Å². The molecule has 9 aliphatic rings. The van der Waals surface area contributed by atoms with Crippen LogP contribution in [0.25, 0.3) is 0 Å². The van der Waals surface area contributed by atoms with Gasteiger partial charge >= 0.3 is 0 Å². The Hall–Kier alpha value is -11.0. The third-order valence-corrected chi connectivity index (χ3v) is 18.3. The van der Waals surface area contributed by atoms with Crippen molar-refractivity contribution in [2.45, 2.75) is 116 Å². The number of nitrogens with zero attached hydrogens (tertiary/aromatic N) is 6. The lowest BCUT2D eigenvalue weighted by molar-refractivity contribution is -0.144. The fourth-order valence-corrected chi connectivity index (χ4v) is 12.8. The Morgan fingerprint density at radius 3 is 1.18 bits per heavy atom. The van der Waals surface area contributed by atoms with Crippen molar-refractivity contribution in [1.82, 2.24) is 45.3 Å². The number of fused-ring (bicyclic) bond motifs is 3. The van der Waals surface area contributed by atoms with Gasteiger partial charge in [0, 0.05) is 89.7 Å². The molecule has 6 aromatic rings. The predicted molar refractivity (Wildman–Crippen MR) is 371 cm³/mol. The Balaban J connectivity index is 0.000000149. The highest BCUT2D eigenvalue weighted by Crippen LogP contribution is 2.38. The largest absolute Gasteiger partial charge is 0.489 e. The van der Waals surface area contributed by atoms with Crippen molar-refractivity contribution in [3.05, 3.63) is 231 Å². The highest BCUT2D eigenvalue weighted by atomic mass is 16.5. The number of carbonyl (C=O) groups excluding carboxylic acids is 9. The van der Waals surface area contributed by atoms with Crippen molar-refractivity contribution in [3.8, 4) is 17.2 Å². The van der Waals surface area contributed by atoms with Gasteiger partial charge in [-0.3, -0.25) is 43.2 Å². The molecule has 9 aliphatic heterocycles. The summed E-state index contributed by atoms with van der Waals surface area (Å²) in [5.74, 6) is -1.87. The van der Waals surface area contributed by atoms with Crippen molar-refractivity contribution < 1.29 is 88.0 Å². The minimum atomic E-state index is -1.50. The van der Waals surface area contributed by atoms with E-state index in [2.05, 4.69) is 35.7 Å². The van der Waals surface area contributed by atoms with E-state index in [1.165, 1.54) is 59.7 Å². The molecule has 0 saturated carbocycles. The Bertz CT molecular complexity index is 4840. The second-order valence-electron chi connectivity index (χ2n) is 25.2. The van der Waals surface area contributed by atoms with E-state index in [-0.39, 0.29) is 200 Å². The second-order valence-corrected chi connectivity index (χ2v) is 25.2. The van der Waals surface area contributed by atoms with Gasteiger partial charge < -0.3 is 73.8 Å². The number of allylic oxidation sites excluding steroid dienone is 3. The molecule has 0 aromatic heterocycles. The molecule has 8 atom stereocenters. The summed E-state index contributed by atoms with van der Waals surface area (Å²) >= 11 is 0. The van der Waals surface area contributed by atoms with Crippen LogP contribution in [0.1, 0.15) is 136 Å². The first kappa shape index (κ1) is 55.8. The van der Waals surface area contributed by atoms with Crippen LogP contribution in [0.5, 0.6) is 17.2 Å². The van der Waals surface area contributed by atoms with Crippen LogP contribution in [-0.2, 0) is 102 Å². The number of carbonyl (C=O) groups is 9. The van der Waals surface area contributed by atoms with E-state index >= 15 is 0 Å². The molecule has 8 unspecified atom stereocenters. The predicted octanol–water partition coefficient (Wildman–Crippen LogP) is 7.12. The van der Waals surface area contributed by atoms with Gasteiger partial charge in [-0.2, -0.15) is 0 Å². The van der Waals surface area contributed by atoms with Crippen molar-refractivity contribution in [1.29, 1.82) is 0 Å². The SMILES string of the molecule is [2H]c1c(C([2H])Oc2cccc3c2CN(C2CCC(=C)NC2=O)C3=O)ccc(C([2H])N2CCOCC2=O)c1[2H].[2H]c1cc(C([2H])N2CCOCC2=O)c([2H])cc1C([2H])Oc1cccc2c1CN(C1CCC(=C)NC1=O)C2=O.[2H]c1cc(CN2CCOCC2=O)c([2H])c([2H])c1C([2H])Oc1cccc2c1CN(C1CCC(=C)NC1=O)C2=O. The van der Waals surface area contributed by atoms with E-state index in [0.717, 1.165) is 0 Å². The highest BCUT2D eigenvalue weighted by Gasteiger charge is 2.43. The third-order valence-electron chi connectivity index (χ3n) is 18.3. The molecule has 0 bridgehead atoms. The minimum absolute atomic E-state index is 0.0441. The van der Waals surface area contributed by atoms with E-state index < -0.39 is 50.9 Å². The van der Waals surface area contributed by atoms with Gasteiger partial charge in [0.1, 0.15) is 74.9 Å². The maximum atomic E-state index is 13.1. The molecule has 528 valence electrons. The first-order chi connectivity index (χ1) is 54.5. The Labute approximate surface area is 607 Å². The van der Waals surface area contributed by atoms with Crippen molar-refractivity contribution >= 4 is 53.2 Å². The van der Waals surface area contributed by atoms with Crippen LogP contribution >= 0.6 is 0 Å². The summed E-state index contributed by atoms with van der Waals surface area (Å²) in [4.78, 5) is 122. The molecule has 6 saturated heterocycles. The Morgan fingerprint density at radius 2 is 0.745 bits per heavy atom. The van der Waals surface area contributed by atoms with E-state index in [0.29, 0.717) is 121 Å². The number of nitrogens with one attached hydrogen (secondary N) is 3. The van der Waals surface area contributed by atoms with Crippen LogP contribution in [0, 0.1) is 0 Å². The number of amides is 9. The van der Waals surface area contributed by atoms with E-state index in [1.54, 1.807) is 54.6 Å². The zero-order valence-corrected chi connectivity index (χ0v) is 55.6. The minimum Gasteiger partial charge on any atom is -0.489 e. The van der Waals surface area contributed by atoms with Gasteiger partial charge in [0.25, 0.3) is 17.7 Å².